The van der Waals surface area contributed by atoms with E-state index in [4.69, 9.17) is 18.9 Å². The number of aryl methyl sites for hydroxylation is 1. The molecule has 0 fully saturated rings. The normalized spacial score (nSPS) is 11.0. The minimum Gasteiger partial charge on any atom is -0.493 e. The Labute approximate surface area is 208 Å². The van der Waals surface area contributed by atoms with E-state index in [1.807, 2.05) is 0 Å². The number of para-hydroxylation sites is 2. The van der Waals surface area contributed by atoms with Crippen molar-refractivity contribution in [3.05, 3.63) is 66.5 Å². The van der Waals surface area contributed by atoms with Crippen LogP contribution in [0.2, 0.25) is 0 Å². The van der Waals surface area contributed by atoms with Crippen LogP contribution in [0.15, 0.2) is 66.0 Å². The van der Waals surface area contributed by atoms with Gasteiger partial charge < -0.3 is 18.9 Å². The molecule has 0 atom stereocenters. The lowest BCUT2D eigenvalue weighted by atomic mass is 10.2. The molecule has 0 aliphatic carbocycles. The largest absolute Gasteiger partial charge is 0.493 e. The maximum Gasteiger partial charge on any atom is 0.280 e. The Hall–Kier alpha value is -4.45. The third kappa shape index (κ3) is 5.28. The quantitative estimate of drug-likeness (QED) is 0.354. The van der Waals surface area contributed by atoms with Gasteiger partial charge in [0, 0.05) is 24.0 Å². The van der Waals surface area contributed by atoms with E-state index in [0.29, 0.717) is 22.9 Å². The fourth-order valence-electron chi connectivity index (χ4n) is 3.12. The predicted molar refractivity (Wildman–Crippen MR) is 131 cm³/mol. The van der Waals surface area contributed by atoms with E-state index in [1.54, 1.807) is 49.4 Å². The molecule has 186 valence electrons. The molecule has 0 radical (unpaired) electrons. The summed E-state index contributed by atoms with van der Waals surface area (Å²) >= 11 is 0. The Kier molecular flexibility index (Phi) is 7.15. The van der Waals surface area contributed by atoms with Crippen molar-refractivity contribution in [1.29, 1.82) is 0 Å². The maximum absolute atomic E-state index is 13.2. The molecule has 0 bridgehead atoms. The highest BCUT2D eigenvalue weighted by molar-refractivity contribution is 7.92. The Morgan fingerprint density at radius 2 is 1.64 bits per heavy atom. The second-order valence-corrected chi connectivity index (χ2v) is 8.98. The van der Waals surface area contributed by atoms with Crippen LogP contribution >= 0.6 is 0 Å². The van der Waals surface area contributed by atoms with Crippen LogP contribution in [0.4, 0.5) is 5.82 Å². The molecule has 0 aliphatic rings. The van der Waals surface area contributed by atoms with Crippen LogP contribution in [0.3, 0.4) is 0 Å². The summed E-state index contributed by atoms with van der Waals surface area (Å²) in [6.45, 7) is 1.81. The highest BCUT2D eigenvalue weighted by Crippen LogP contribution is 2.41. The number of methoxy groups -OCH3 is 3. The van der Waals surface area contributed by atoms with Gasteiger partial charge in [-0.2, -0.15) is 13.4 Å². The van der Waals surface area contributed by atoms with Gasteiger partial charge in [-0.3, -0.25) is 4.72 Å². The molecule has 11 nitrogen and oxygen atoms in total. The number of ether oxygens (including phenoxy) is 4. The number of pyridine rings is 2. The Balaban J connectivity index is 1.87. The molecule has 4 rings (SSSR count). The molecule has 0 saturated carbocycles. The van der Waals surface area contributed by atoms with Gasteiger partial charge in [-0.25, -0.2) is 15.0 Å². The zero-order chi connectivity index (χ0) is 25.7. The van der Waals surface area contributed by atoms with Crippen LogP contribution in [-0.2, 0) is 10.0 Å². The smallest absolute Gasteiger partial charge is 0.280 e. The van der Waals surface area contributed by atoms with E-state index in [1.165, 1.54) is 39.8 Å². The number of hydrogen-bond acceptors (Lipinski definition) is 10. The molecule has 0 unspecified atom stereocenters. The van der Waals surface area contributed by atoms with Crippen molar-refractivity contribution in [1.82, 2.24) is 19.9 Å². The molecule has 1 aromatic carbocycles. The minimum absolute atomic E-state index is 0.0174. The van der Waals surface area contributed by atoms with Crippen molar-refractivity contribution in [2.75, 3.05) is 26.1 Å². The second-order valence-electron chi connectivity index (χ2n) is 7.35. The highest BCUT2D eigenvalue weighted by atomic mass is 32.2. The average molecular weight is 510 g/mol. The van der Waals surface area contributed by atoms with E-state index < -0.39 is 10.0 Å². The van der Waals surface area contributed by atoms with Gasteiger partial charge in [0.2, 0.25) is 11.6 Å². The molecule has 12 heteroatoms. The van der Waals surface area contributed by atoms with Crippen LogP contribution in [0.25, 0.3) is 11.4 Å². The number of benzene rings is 1. The minimum atomic E-state index is -4.15. The zero-order valence-corrected chi connectivity index (χ0v) is 20.7. The predicted octanol–water partition coefficient (Wildman–Crippen LogP) is 3.86. The first-order valence-corrected chi connectivity index (χ1v) is 12.1. The second kappa shape index (κ2) is 10.4. The lowest BCUT2D eigenvalue weighted by molar-refractivity contribution is 0.348. The number of aromatic nitrogens is 4. The first-order valence-electron chi connectivity index (χ1n) is 10.6. The number of rotatable bonds is 9. The van der Waals surface area contributed by atoms with Crippen molar-refractivity contribution < 1.29 is 27.4 Å². The van der Waals surface area contributed by atoms with Gasteiger partial charge >= 0.3 is 0 Å². The van der Waals surface area contributed by atoms with Gasteiger partial charge in [0.05, 0.1) is 21.3 Å². The lowest BCUT2D eigenvalue weighted by Gasteiger charge is -2.17. The van der Waals surface area contributed by atoms with E-state index in [-0.39, 0.29) is 28.3 Å². The molecule has 0 aliphatic heterocycles. The monoisotopic (exact) mass is 509 g/mol. The maximum atomic E-state index is 13.2. The number of anilines is 1. The average Bonchev–Trinajstić information content (AvgIpc) is 2.89. The SMILES string of the molecule is COc1cc(-c2nc(NS(=O)(=O)c3ccc(C)cn3)c(Oc3ccccc3OC)c(OC)n2)ccn1. The highest BCUT2D eigenvalue weighted by Gasteiger charge is 2.25. The first kappa shape index (κ1) is 24.7. The Bertz CT molecular complexity index is 1480. The summed E-state index contributed by atoms with van der Waals surface area (Å²) in [5.41, 5.74) is 1.32. The Morgan fingerprint density at radius 1 is 0.861 bits per heavy atom. The fourth-order valence-corrected chi connectivity index (χ4v) is 4.06. The summed E-state index contributed by atoms with van der Waals surface area (Å²) in [4.78, 5) is 17.0. The molecule has 36 heavy (non-hydrogen) atoms. The molecule has 3 aromatic heterocycles. The Morgan fingerprint density at radius 3 is 2.31 bits per heavy atom. The van der Waals surface area contributed by atoms with Crippen molar-refractivity contribution in [2.24, 2.45) is 0 Å². The zero-order valence-electron chi connectivity index (χ0n) is 19.9. The van der Waals surface area contributed by atoms with Crippen LogP contribution in [0, 0.1) is 6.92 Å². The molecule has 0 saturated heterocycles. The third-order valence-corrected chi connectivity index (χ3v) is 6.16. The van der Waals surface area contributed by atoms with Crippen molar-refractivity contribution in [3.63, 3.8) is 0 Å². The van der Waals surface area contributed by atoms with Crippen LogP contribution in [0.1, 0.15) is 5.56 Å². The van der Waals surface area contributed by atoms with E-state index >= 15 is 0 Å². The van der Waals surface area contributed by atoms with E-state index in [9.17, 15) is 8.42 Å². The molecule has 4 aromatic rings. The molecular weight excluding hydrogens is 486 g/mol. The molecular formula is C24H23N5O6S. The summed E-state index contributed by atoms with van der Waals surface area (Å²) in [7, 11) is 0.197. The number of sulfonamides is 1. The van der Waals surface area contributed by atoms with Gasteiger partial charge in [-0.15, -0.1) is 0 Å². The lowest BCUT2D eigenvalue weighted by Crippen LogP contribution is -2.17. The topological polar surface area (TPSA) is 135 Å². The first-order chi connectivity index (χ1) is 17.3. The standard InChI is InChI=1S/C24H23N5O6S/c1-15-9-10-20(26-14-15)36(30,31)29-23-21(35-18-8-6-5-7-17(18)32-2)24(34-4)28-22(27-23)16-11-12-25-19(13-16)33-3/h5-14H,1-4H3,(H,27,28,29). The van der Waals surface area contributed by atoms with E-state index in [0.717, 1.165) is 5.56 Å². The van der Waals surface area contributed by atoms with Crippen LogP contribution in [-0.4, -0.2) is 49.7 Å². The van der Waals surface area contributed by atoms with Gasteiger partial charge in [0.25, 0.3) is 15.9 Å². The number of nitrogens with one attached hydrogen (secondary N) is 1. The summed E-state index contributed by atoms with van der Waals surface area (Å²) in [6, 6.07) is 13.1. The van der Waals surface area contributed by atoms with Crippen molar-refractivity contribution in [2.45, 2.75) is 11.9 Å². The van der Waals surface area contributed by atoms with Gasteiger partial charge in [0.15, 0.2) is 28.2 Å². The fraction of sp³-hybridized carbons (Fsp3) is 0.167. The van der Waals surface area contributed by atoms with Gasteiger partial charge in [-0.05, 0) is 36.8 Å². The number of hydrogen-bond donors (Lipinski definition) is 1. The molecule has 0 amide bonds. The summed E-state index contributed by atoms with van der Waals surface area (Å²) in [6.07, 6.45) is 2.97. The van der Waals surface area contributed by atoms with Crippen LogP contribution in [0.5, 0.6) is 29.0 Å². The summed E-state index contributed by atoms with van der Waals surface area (Å²) < 4.78 is 50.9. The van der Waals surface area contributed by atoms with Crippen molar-refractivity contribution in [3.8, 4) is 40.4 Å². The summed E-state index contributed by atoms with van der Waals surface area (Å²) in [5, 5.41) is -0.193. The van der Waals surface area contributed by atoms with Gasteiger partial charge in [-0.1, -0.05) is 18.2 Å². The molecule has 1 N–H and O–H groups in total. The van der Waals surface area contributed by atoms with Gasteiger partial charge in [0.1, 0.15) is 0 Å². The van der Waals surface area contributed by atoms with Crippen LogP contribution < -0.4 is 23.7 Å². The number of nitrogens with zero attached hydrogens (tertiary/aromatic N) is 4. The summed E-state index contributed by atoms with van der Waals surface area (Å²) in [5.74, 6) is 0.940. The third-order valence-electron chi connectivity index (χ3n) is 4.90. The molecule has 3 heterocycles. The van der Waals surface area contributed by atoms with E-state index in [2.05, 4.69) is 24.7 Å². The van der Waals surface area contributed by atoms with Crippen molar-refractivity contribution >= 4 is 15.8 Å². The molecule has 0 spiro atoms.